The molecule has 0 unspecified atom stereocenters. The topological polar surface area (TPSA) is 44.5 Å². The molecule has 28 heavy (non-hydrogen) atoms. The van der Waals surface area contributed by atoms with Gasteiger partial charge < -0.3 is 13.9 Å². The van der Waals surface area contributed by atoms with Crippen LogP contribution in [-0.2, 0) is 0 Å². The van der Waals surface area contributed by atoms with Gasteiger partial charge in [0, 0.05) is 22.5 Å². The second-order valence-corrected chi connectivity index (χ2v) is 6.93. The molecule has 0 radical (unpaired) electrons. The number of rotatable bonds is 7. The van der Waals surface area contributed by atoms with Gasteiger partial charge in [0.1, 0.15) is 22.8 Å². The van der Waals surface area contributed by atoms with Crippen LogP contribution < -0.4 is 9.47 Å². The lowest BCUT2D eigenvalue weighted by Crippen LogP contribution is -1.97. The van der Waals surface area contributed by atoms with E-state index in [1.807, 2.05) is 54.6 Å². The molecular formula is C22H17Cl2NO3. The van der Waals surface area contributed by atoms with E-state index in [0.29, 0.717) is 40.5 Å². The molecule has 0 fully saturated rings. The number of halogens is 2. The zero-order valence-electron chi connectivity index (χ0n) is 14.9. The average Bonchev–Trinajstić information content (AvgIpc) is 3.14. The predicted octanol–water partition coefficient (Wildman–Crippen LogP) is 6.95. The van der Waals surface area contributed by atoms with Crippen LogP contribution in [0.2, 0.25) is 5.02 Å². The second kappa shape index (κ2) is 8.55. The van der Waals surface area contributed by atoms with Gasteiger partial charge in [0.2, 0.25) is 5.89 Å². The Labute approximate surface area is 172 Å². The largest absolute Gasteiger partial charge is 0.494 e. The molecular weight excluding hydrogens is 397 g/mol. The van der Waals surface area contributed by atoms with Gasteiger partial charge in [0.15, 0.2) is 5.58 Å². The Kier molecular flexibility index (Phi) is 5.70. The number of fused-ring (bicyclic) bond motifs is 1. The molecule has 0 aliphatic rings. The van der Waals surface area contributed by atoms with Crippen LogP contribution in [0.15, 0.2) is 71.1 Å². The van der Waals surface area contributed by atoms with Crippen molar-refractivity contribution in [2.75, 3.05) is 12.5 Å². The zero-order chi connectivity index (χ0) is 19.3. The third kappa shape index (κ3) is 4.41. The van der Waals surface area contributed by atoms with Crippen molar-refractivity contribution in [3.8, 4) is 28.7 Å². The molecule has 0 bridgehead atoms. The smallest absolute Gasteiger partial charge is 0.227 e. The van der Waals surface area contributed by atoms with Crippen LogP contribution in [0.5, 0.6) is 17.2 Å². The maximum Gasteiger partial charge on any atom is 0.227 e. The number of hydrogen-bond acceptors (Lipinski definition) is 4. The van der Waals surface area contributed by atoms with Crippen molar-refractivity contribution in [3.05, 3.63) is 71.8 Å². The van der Waals surface area contributed by atoms with Crippen molar-refractivity contribution in [2.45, 2.75) is 6.42 Å². The van der Waals surface area contributed by atoms with Gasteiger partial charge in [-0.1, -0.05) is 11.6 Å². The third-order valence-corrected chi connectivity index (χ3v) is 4.58. The van der Waals surface area contributed by atoms with Crippen LogP contribution in [0.3, 0.4) is 0 Å². The van der Waals surface area contributed by atoms with Crippen LogP contribution in [-0.4, -0.2) is 17.5 Å². The maximum absolute atomic E-state index is 5.90. The Morgan fingerprint density at radius 3 is 2.32 bits per heavy atom. The molecule has 4 nitrogen and oxygen atoms in total. The van der Waals surface area contributed by atoms with Gasteiger partial charge >= 0.3 is 0 Å². The summed E-state index contributed by atoms with van der Waals surface area (Å²) in [4.78, 5) is 4.58. The highest BCUT2D eigenvalue weighted by Crippen LogP contribution is 2.30. The molecule has 0 saturated heterocycles. The summed E-state index contributed by atoms with van der Waals surface area (Å²) in [6.45, 7) is 0.599. The SMILES string of the molecule is ClCCCOc1ccc(-c2nc3cc(Oc4ccc(Cl)cc4)ccc3o2)cc1. The second-order valence-electron chi connectivity index (χ2n) is 6.12. The fourth-order valence-electron chi connectivity index (χ4n) is 2.67. The molecule has 0 aliphatic carbocycles. The maximum atomic E-state index is 5.90. The molecule has 6 heteroatoms. The molecule has 142 valence electrons. The number of benzene rings is 3. The lowest BCUT2D eigenvalue weighted by Gasteiger charge is -2.04. The van der Waals surface area contributed by atoms with Crippen LogP contribution in [0.4, 0.5) is 0 Å². The molecule has 0 saturated carbocycles. The Morgan fingerprint density at radius 1 is 0.857 bits per heavy atom. The number of hydrogen-bond donors (Lipinski definition) is 0. The quantitative estimate of drug-likeness (QED) is 0.243. The van der Waals surface area contributed by atoms with Crippen molar-refractivity contribution in [3.63, 3.8) is 0 Å². The van der Waals surface area contributed by atoms with E-state index in [1.165, 1.54) is 0 Å². The molecule has 3 aromatic carbocycles. The van der Waals surface area contributed by atoms with Crippen molar-refractivity contribution in [2.24, 2.45) is 0 Å². The minimum atomic E-state index is 0.547. The predicted molar refractivity (Wildman–Crippen MR) is 112 cm³/mol. The first kappa shape index (κ1) is 18.7. The molecule has 4 rings (SSSR count). The standard InChI is InChI=1S/C22H17Cl2NO3/c23-12-1-13-26-17-6-2-15(3-7-17)22-25-20-14-19(10-11-21(20)28-22)27-18-8-4-16(24)5-9-18/h2-11,14H,1,12-13H2. The van der Waals surface area contributed by atoms with Gasteiger partial charge in [-0.15, -0.1) is 11.6 Å². The lowest BCUT2D eigenvalue weighted by atomic mass is 10.2. The monoisotopic (exact) mass is 413 g/mol. The summed E-state index contributed by atoms with van der Waals surface area (Å²) in [5.41, 5.74) is 2.30. The van der Waals surface area contributed by atoms with Gasteiger partial charge in [-0.25, -0.2) is 4.98 Å². The zero-order valence-corrected chi connectivity index (χ0v) is 16.4. The van der Waals surface area contributed by atoms with E-state index in [2.05, 4.69) is 4.98 Å². The highest BCUT2D eigenvalue weighted by molar-refractivity contribution is 6.30. The van der Waals surface area contributed by atoms with E-state index in [1.54, 1.807) is 12.1 Å². The summed E-state index contributed by atoms with van der Waals surface area (Å²) >= 11 is 11.6. The normalized spacial score (nSPS) is 10.9. The van der Waals surface area contributed by atoms with Crippen molar-refractivity contribution in [1.29, 1.82) is 0 Å². The molecule has 0 aliphatic heterocycles. The van der Waals surface area contributed by atoms with E-state index < -0.39 is 0 Å². The summed E-state index contributed by atoms with van der Waals surface area (Å²) in [5, 5.41) is 0.666. The molecule has 1 heterocycles. The molecule has 0 N–H and O–H groups in total. The first-order valence-corrected chi connectivity index (χ1v) is 9.76. The van der Waals surface area contributed by atoms with Crippen LogP contribution in [0.25, 0.3) is 22.6 Å². The molecule has 4 aromatic rings. The van der Waals surface area contributed by atoms with Crippen LogP contribution in [0, 0.1) is 0 Å². The van der Waals surface area contributed by atoms with Crippen LogP contribution >= 0.6 is 23.2 Å². The number of alkyl halides is 1. The van der Waals surface area contributed by atoms with Gasteiger partial charge in [0.05, 0.1) is 6.61 Å². The minimum absolute atomic E-state index is 0.547. The summed E-state index contributed by atoms with van der Waals surface area (Å²) in [5.74, 6) is 3.31. The Hall–Kier alpha value is -2.69. The summed E-state index contributed by atoms with van der Waals surface area (Å²) in [7, 11) is 0. The number of oxazole rings is 1. The Bertz CT molecular complexity index is 1060. The Morgan fingerprint density at radius 2 is 1.57 bits per heavy atom. The van der Waals surface area contributed by atoms with Gasteiger partial charge in [-0.05, 0) is 67.1 Å². The van der Waals surface area contributed by atoms with Gasteiger partial charge in [-0.3, -0.25) is 0 Å². The van der Waals surface area contributed by atoms with E-state index >= 15 is 0 Å². The average molecular weight is 414 g/mol. The van der Waals surface area contributed by atoms with E-state index in [9.17, 15) is 0 Å². The van der Waals surface area contributed by atoms with Crippen molar-refractivity contribution >= 4 is 34.3 Å². The first-order chi connectivity index (χ1) is 13.7. The molecule has 0 amide bonds. The summed E-state index contributed by atoms with van der Waals surface area (Å²) in [6, 6.07) is 20.4. The number of ether oxygens (including phenoxy) is 2. The fourth-order valence-corrected chi connectivity index (χ4v) is 2.91. The highest BCUT2D eigenvalue weighted by Gasteiger charge is 2.10. The first-order valence-electron chi connectivity index (χ1n) is 8.84. The van der Waals surface area contributed by atoms with Gasteiger partial charge in [-0.2, -0.15) is 0 Å². The Balaban J connectivity index is 1.52. The lowest BCUT2D eigenvalue weighted by molar-refractivity contribution is 0.318. The van der Waals surface area contributed by atoms with Crippen molar-refractivity contribution < 1.29 is 13.9 Å². The molecule has 1 aromatic heterocycles. The van der Waals surface area contributed by atoms with E-state index in [0.717, 1.165) is 23.3 Å². The summed E-state index contributed by atoms with van der Waals surface area (Å²) < 4.78 is 17.3. The minimum Gasteiger partial charge on any atom is -0.494 e. The van der Waals surface area contributed by atoms with Crippen LogP contribution in [0.1, 0.15) is 6.42 Å². The number of nitrogens with zero attached hydrogens (tertiary/aromatic N) is 1. The van der Waals surface area contributed by atoms with Crippen molar-refractivity contribution in [1.82, 2.24) is 4.98 Å². The summed E-state index contributed by atoms with van der Waals surface area (Å²) in [6.07, 6.45) is 0.814. The molecule has 0 atom stereocenters. The van der Waals surface area contributed by atoms with E-state index in [-0.39, 0.29) is 0 Å². The highest BCUT2D eigenvalue weighted by atomic mass is 35.5. The number of aromatic nitrogens is 1. The third-order valence-electron chi connectivity index (χ3n) is 4.06. The molecule has 0 spiro atoms. The fraction of sp³-hybridized carbons (Fsp3) is 0.136. The van der Waals surface area contributed by atoms with Gasteiger partial charge in [0.25, 0.3) is 0 Å². The van der Waals surface area contributed by atoms with E-state index in [4.69, 9.17) is 37.1 Å².